The second kappa shape index (κ2) is 8.73. The van der Waals surface area contributed by atoms with Crippen molar-refractivity contribution in [1.82, 2.24) is 9.78 Å². The smallest absolute Gasteiger partial charge is 0.255 e. The molecule has 2 amide bonds. The first-order valence-corrected chi connectivity index (χ1v) is 10.7. The number of rotatable bonds is 6. The lowest BCUT2D eigenvalue weighted by Crippen LogP contribution is -2.20. The first-order valence-electron chi connectivity index (χ1n) is 9.63. The molecule has 3 aromatic rings. The van der Waals surface area contributed by atoms with Gasteiger partial charge in [0.25, 0.3) is 5.91 Å². The van der Waals surface area contributed by atoms with E-state index >= 15 is 0 Å². The van der Waals surface area contributed by atoms with Crippen molar-refractivity contribution in [1.29, 1.82) is 0 Å². The Morgan fingerprint density at radius 3 is 2.74 bits per heavy atom. The van der Waals surface area contributed by atoms with Gasteiger partial charge in [0, 0.05) is 5.56 Å². The van der Waals surface area contributed by atoms with Crippen molar-refractivity contribution >= 4 is 29.4 Å². The molecule has 9 heteroatoms. The molecule has 8 nitrogen and oxygen atoms in total. The number of aryl methyl sites for hydroxylation is 1. The van der Waals surface area contributed by atoms with Crippen molar-refractivity contribution in [3.63, 3.8) is 0 Å². The largest absolute Gasteiger partial charge is 0.493 e. The summed E-state index contributed by atoms with van der Waals surface area (Å²) in [4.78, 5) is 23.5. The van der Waals surface area contributed by atoms with Crippen molar-refractivity contribution in [3.05, 3.63) is 65.4 Å². The zero-order valence-corrected chi connectivity index (χ0v) is 17.9. The molecular formula is C22H22N4O4S. The number of benzene rings is 2. The summed E-state index contributed by atoms with van der Waals surface area (Å²) in [5.74, 6) is 1.22. The average Bonchev–Trinajstić information content (AvgIpc) is 2.97. The Labute approximate surface area is 183 Å². The number of hydrogen-bond acceptors (Lipinski definition) is 6. The lowest BCUT2D eigenvalue weighted by atomic mass is 10.0. The number of carbonyl (C=O) groups is 2. The topological polar surface area (TPSA) is 108 Å². The standard InChI is InChI=1S/C22H22N4O4S/c1-13-20-21(14-8-9-16(17(10-14)29-2)30-11-18(23)27)31-12-19(28)24-22(20)26(25-13)15-6-4-3-5-7-15/h3-10,21H,11-12H2,1-2H3,(H2,23,27)(H,24,28). The summed E-state index contributed by atoms with van der Waals surface area (Å²) < 4.78 is 12.7. The van der Waals surface area contributed by atoms with Crippen LogP contribution in [-0.4, -0.2) is 41.1 Å². The van der Waals surface area contributed by atoms with Crippen molar-refractivity contribution < 1.29 is 19.1 Å². The van der Waals surface area contributed by atoms with Crippen LogP contribution in [0.4, 0.5) is 5.82 Å². The number of thioether (sulfide) groups is 1. The first-order chi connectivity index (χ1) is 15.0. The van der Waals surface area contributed by atoms with Crippen LogP contribution in [0.25, 0.3) is 5.69 Å². The van der Waals surface area contributed by atoms with Gasteiger partial charge >= 0.3 is 0 Å². The highest BCUT2D eigenvalue weighted by Gasteiger charge is 2.31. The Balaban J connectivity index is 1.78. The fourth-order valence-corrected chi connectivity index (χ4v) is 4.70. The van der Waals surface area contributed by atoms with E-state index in [9.17, 15) is 9.59 Å². The summed E-state index contributed by atoms with van der Waals surface area (Å²) in [5.41, 5.74) is 8.73. The van der Waals surface area contributed by atoms with Crippen LogP contribution in [0, 0.1) is 6.92 Å². The maximum atomic E-state index is 12.5. The van der Waals surface area contributed by atoms with E-state index in [2.05, 4.69) is 5.32 Å². The Morgan fingerprint density at radius 1 is 1.26 bits per heavy atom. The van der Waals surface area contributed by atoms with Crippen LogP contribution in [0.1, 0.15) is 22.1 Å². The summed E-state index contributed by atoms with van der Waals surface area (Å²) in [5, 5.41) is 7.57. The van der Waals surface area contributed by atoms with Crippen molar-refractivity contribution in [3.8, 4) is 17.2 Å². The maximum absolute atomic E-state index is 12.5. The molecule has 3 N–H and O–H groups in total. The molecule has 31 heavy (non-hydrogen) atoms. The minimum atomic E-state index is -0.566. The van der Waals surface area contributed by atoms with Crippen LogP contribution in [0.5, 0.6) is 11.5 Å². The molecule has 1 aliphatic rings. The van der Waals surface area contributed by atoms with E-state index in [1.807, 2.05) is 49.4 Å². The molecule has 0 aliphatic carbocycles. The van der Waals surface area contributed by atoms with Gasteiger partial charge in [-0.1, -0.05) is 24.3 Å². The number of nitrogens with one attached hydrogen (secondary N) is 1. The number of ether oxygens (including phenoxy) is 2. The third-order valence-corrected chi connectivity index (χ3v) is 6.14. The molecule has 1 aromatic heterocycles. The number of aromatic nitrogens is 2. The van der Waals surface area contributed by atoms with Gasteiger partial charge in [-0.25, -0.2) is 4.68 Å². The molecule has 160 valence electrons. The van der Waals surface area contributed by atoms with E-state index in [1.165, 1.54) is 18.9 Å². The Hall–Kier alpha value is -3.46. The summed E-state index contributed by atoms with van der Waals surface area (Å²) >= 11 is 1.52. The molecule has 0 spiro atoms. The van der Waals surface area contributed by atoms with Crippen LogP contribution in [-0.2, 0) is 9.59 Å². The fourth-order valence-electron chi connectivity index (χ4n) is 3.52. The molecule has 0 bridgehead atoms. The van der Waals surface area contributed by atoms with Gasteiger partial charge in [0.1, 0.15) is 5.82 Å². The van der Waals surface area contributed by atoms with Gasteiger partial charge in [0.15, 0.2) is 18.1 Å². The highest BCUT2D eigenvalue weighted by Crippen LogP contribution is 2.45. The number of carbonyl (C=O) groups excluding carboxylic acids is 2. The molecule has 0 fully saturated rings. The van der Waals surface area contributed by atoms with Gasteiger partial charge in [-0.05, 0) is 36.8 Å². The molecule has 2 heterocycles. The SMILES string of the molecule is COc1cc(C2SCC(=O)Nc3c2c(C)nn3-c2ccccc2)ccc1OCC(N)=O. The summed E-state index contributed by atoms with van der Waals surface area (Å²) in [6.07, 6.45) is 0. The Morgan fingerprint density at radius 2 is 2.03 bits per heavy atom. The highest BCUT2D eigenvalue weighted by atomic mass is 32.2. The number of fused-ring (bicyclic) bond motifs is 1. The van der Waals surface area contributed by atoms with E-state index in [0.717, 1.165) is 22.5 Å². The summed E-state index contributed by atoms with van der Waals surface area (Å²) in [7, 11) is 1.53. The predicted octanol–water partition coefficient (Wildman–Crippen LogP) is 2.83. The molecular weight excluding hydrogens is 416 g/mol. The fraction of sp³-hybridized carbons (Fsp3) is 0.227. The van der Waals surface area contributed by atoms with Gasteiger partial charge in [0.2, 0.25) is 5.91 Å². The normalized spacial score (nSPS) is 15.5. The predicted molar refractivity (Wildman–Crippen MR) is 119 cm³/mol. The monoisotopic (exact) mass is 438 g/mol. The van der Waals surface area contributed by atoms with Crippen LogP contribution < -0.4 is 20.5 Å². The van der Waals surface area contributed by atoms with Crippen LogP contribution in [0.2, 0.25) is 0 Å². The first kappa shape index (κ1) is 20.8. The molecule has 4 rings (SSSR count). The van der Waals surface area contributed by atoms with Gasteiger partial charge in [0.05, 0.1) is 29.5 Å². The second-order valence-electron chi connectivity index (χ2n) is 7.00. The number of primary amides is 1. The van der Waals surface area contributed by atoms with E-state index in [0.29, 0.717) is 23.1 Å². The lowest BCUT2D eigenvalue weighted by Gasteiger charge is -2.18. The van der Waals surface area contributed by atoms with Gasteiger partial charge < -0.3 is 20.5 Å². The number of methoxy groups -OCH3 is 1. The number of para-hydroxylation sites is 1. The van der Waals surface area contributed by atoms with Crippen LogP contribution >= 0.6 is 11.8 Å². The van der Waals surface area contributed by atoms with E-state index in [4.69, 9.17) is 20.3 Å². The second-order valence-corrected chi connectivity index (χ2v) is 8.09. The van der Waals surface area contributed by atoms with E-state index in [-0.39, 0.29) is 17.8 Å². The molecule has 1 atom stereocenters. The zero-order chi connectivity index (χ0) is 22.0. The van der Waals surface area contributed by atoms with E-state index < -0.39 is 5.91 Å². The van der Waals surface area contributed by atoms with Gasteiger partial charge in [-0.3, -0.25) is 9.59 Å². The van der Waals surface area contributed by atoms with Crippen LogP contribution in [0.15, 0.2) is 48.5 Å². The molecule has 0 radical (unpaired) electrons. The number of nitrogens with two attached hydrogens (primary N) is 1. The number of anilines is 1. The molecule has 1 aliphatic heterocycles. The lowest BCUT2D eigenvalue weighted by molar-refractivity contribution is -0.120. The van der Waals surface area contributed by atoms with E-state index in [1.54, 1.807) is 10.7 Å². The minimum Gasteiger partial charge on any atom is -0.493 e. The molecule has 1 unspecified atom stereocenters. The van der Waals surface area contributed by atoms with Crippen molar-refractivity contribution in [2.24, 2.45) is 5.73 Å². The Bertz CT molecular complexity index is 1130. The molecule has 2 aromatic carbocycles. The van der Waals surface area contributed by atoms with Crippen molar-refractivity contribution in [2.75, 3.05) is 24.8 Å². The third kappa shape index (κ3) is 4.22. The molecule has 0 saturated carbocycles. The quantitative estimate of drug-likeness (QED) is 0.613. The zero-order valence-electron chi connectivity index (χ0n) is 17.1. The Kier molecular flexibility index (Phi) is 5.85. The minimum absolute atomic E-state index is 0.0841. The molecule has 0 saturated heterocycles. The summed E-state index contributed by atoms with van der Waals surface area (Å²) in [6, 6.07) is 15.2. The average molecular weight is 439 g/mol. The number of hydrogen-bond donors (Lipinski definition) is 2. The summed E-state index contributed by atoms with van der Waals surface area (Å²) in [6.45, 7) is 1.70. The number of nitrogens with zero attached hydrogens (tertiary/aromatic N) is 2. The maximum Gasteiger partial charge on any atom is 0.255 e. The highest BCUT2D eigenvalue weighted by molar-refractivity contribution is 8.00. The number of amides is 2. The third-order valence-electron chi connectivity index (χ3n) is 4.87. The van der Waals surface area contributed by atoms with Crippen molar-refractivity contribution in [2.45, 2.75) is 12.2 Å². The van der Waals surface area contributed by atoms with Crippen LogP contribution in [0.3, 0.4) is 0 Å². The van der Waals surface area contributed by atoms with Gasteiger partial charge in [-0.2, -0.15) is 5.10 Å². The van der Waals surface area contributed by atoms with Gasteiger partial charge in [-0.15, -0.1) is 11.8 Å².